The number of aromatic amines is 1. The Morgan fingerprint density at radius 3 is 2.68 bits per heavy atom. The van der Waals surface area contributed by atoms with E-state index >= 15 is 4.48 Å². The number of nitrogens with one attached hydrogen (secondary N) is 1. The molecule has 4 rings (SSSR count). The molecule has 2 aromatic heterocycles. The molecule has 1 aliphatic rings. The lowest BCUT2D eigenvalue weighted by Crippen LogP contribution is -2.57. The Balaban J connectivity index is 1.81. The standard InChI is InChI=1S/C18H16FN5O/c1-12-6-5-9-15(22-12)25-18(20)14-10-11-21-16(14)23-17(24(18)19)13-7-3-2-4-8-13/h2-11,21H,20H2,1H3. The first-order valence-electron chi connectivity index (χ1n) is 7.77. The molecule has 1 unspecified atom stereocenters. The Morgan fingerprint density at radius 2 is 1.92 bits per heavy atom. The number of halogens is 1. The highest BCUT2D eigenvalue weighted by atomic mass is 19.2. The van der Waals surface area contributed by atoms with Crippen LogP contribution >= 0.6 is 0 Å². The molecule has 0 aliphatic carbocycles. The van der Waals surface area contributed by atoms with Gasteiger partial charge in [-0.3, -0.25) is 5.73 Å². The maximum Gasteiger partial charge on any atom is 0.299 e. The number of H-pyrrole nitrogens is 1. The maximum absolute atomic E-state index is 15.3. The number of amidine groups is 1. The molecule has 3 N–H and O–H groups in total. The molecule has 6 nitrogen and oxygen atoms in total. The van der Waals surface area contributed by atoms with E-state index in [1.54, 1.807) is 48.7 Å². The first kappa shape index (κ1) is 15.3. The van der Waals surface area contributed by atoms with Crippen molar-refractivity contribution in [3.8, 4) is 5.88 Å². The summed E-state index contributed by atoms with van der Waals surface area (Å²) < 4.78 is 21.1. The molecule has 0 spiro atoms. The number of nitrogens with zero attached hydrogens (tertiary/aromatic N) is 3. The van der Waals surface area contributed by atoms with Crippen molar-refractivity contribution in [2.75, 3.05) is 0 Å². The number of hydrogen-bond acceptors (Lipinski definition) is 5. The van der Waals surface area contributed by atoms with Gasteiger partial charge in [0.25, 0.3) is 5.85 Å². The second-order valence-electron chi connectivity index (χ2n) is 5.74. The Labute approximate surface area is 143 Å². The molecule has 0 fully saturated rings. The number of aryl methyl sites for hydroxylation is 1. The van der Waals surface area contributed by atoms with Crippen LogP contribution in [-0.2, 0) is 5.85 Å². The summed E-state index contributed by atoms with van der Waals surface area (Å²) in [5, 5.41) is 0.336. The molecule has 3 aromatic rings. The number of hydrogen-bond donors (Lipinski definition) is 2. The van der Waals surface area contributed by atoms with Crippen LogP contribution in [0.1, 0.15) is 16.8 Å². The van der Waals surface area contributed by atoms with Crippen molar-refractivity contribution < 1.29 is 9.22 Å². The zero-order valence-corrected chi connectivity index (χ0v) is 13.5. The number of benzene rings is 1. The molecule has 0 amide bonds. The molecule has 0 radical (unpaired) electrons. The monoisotopic (exact) mass is 337 g/mol. The van der Waals surface area contributed by atoms with Gasteiger partial charge in [0, 0.05) is 23.5 Å². The largest absolute Gasteiger partial charge is 0.431 e. The predicted molar refractivity (Wildman–Crippen MR) is 91.8 cm³/mol. The van der Waals surface area contributed by atoms with Crippen LogP contribution in [0, 0.1) is 6.92 Å². The van der Waals surface area contributed by atoms with Gasteiger partial charge in [0.15, 0.2) is 5.84 Å². The van der Waals surface area contributed by atoms with Gasteiger partial charge in [-0.05, 0) is 19.1 Å². The van der Waals surface area contributed by atoms with Gasteiger partial charge in [-0.1, -0.05) is 40.9 Å². The van der Waals surface area contributed by atoms with Crippen LogP contribution in [-0.4, -0.2) is 20.9 Å². The zero-order valence-electron chi connectivity index (χ0n) is 13.5. The highest BCUT2D eigenvalue weighted by Crippen LogP contribution is 2.38. The average molecular weight is 337 g/mol. The van der Waals surface area contributed by atoms with Gasteiger partial charge in [0.1, 0.15) is 5.82 Å². The Morgan fingerprint density at radius 1 is 1.12 bits per heavy atom. The Hall–Kier alpha value is -3.19. The van der Waals surface area contributed by atoms with Crippen LogP contribution in [0.2, 0.25) is 0 Å². The molecule has 0 saturated heterocycles. The van der Waals surface area contributed by atoms with Crippen molar-refractivity contribution in [2.45, 2.75) is 12.8 Å². The third-order valence-electron chi connectivity index (χ3n) is 3.96. The topological polar surface area (TPSA) is 79.5 Å². The lowest BCUT2D eigenvalue weighted by molar-refractivity contribution is -0.144. The van der Waals surface area contributed by atoms with Gasteiger partial charge in [-0.25, -0.2) is 9.98 Å². The van der Waals surface area contributed by atoms with E-state index in [0.717, 1.165) is 5.69 Å². The van der Waals surface area contributed by atoms with Crippen LogP contribution in [0.3, 0.4) is 0 Å². The summed E-state index contributed by atoms with van der Waals surface area (Å²) in [6.07, 6.45) is 1.64. The van der Waals surface area contributed by atoms with Gasteiger partial charge in [-0.2, -0.15) is 0 Å². The van der Waals surface area contributed by atoms with Crippen molar-refractivity contribution in [3.05, 3.63) is 77.6 Å². The predicted octanol–water partition coefficient (Wildman–Crippen LogP) is 3.14. The van der Waals surface area contributed by atoms with Crippen LogP contribution < -0.4 is 10.5 Å². The van der Waals surface area contributed by atoms with Gasteiger partial charge in [0.2, 0.25) is 5.88 Å². The molecule has 1 atom stereocenters. The fourth-order valence-corrected chi connectivity index (χ4v) is 2.75. The number of rotatable bonds is 3. The first-order chi connectivity index (χ1) is 12.1. The number of pyridine rings is 1. The number of aromatic nitrogens is 2. The van der Waals surface area contributed by atoms with Gasteiger partial charge in [0.05, 0.1) is 5.56 Å². The molecule has 1 aromatic carbocycles. The smallest absolute Gasteiger partial charge is 0.299 e. The molecular weight excluding hydrogens is 321 g/mol. The molecule has 0 bridgehead atoms. The van der Waals surface area contributed by atoms with Crippen LogP contribution in [0.5, 0.6) is 5.88 Å². The third kappa shape index (κ3) is 2.54. The van der Waals surface area contributed by atoms with E-state index in [2.05, 4.69) is 15.0 Å². The number of nitrogens with two attached hydrogens (primary N) is 1. The number of fused-ring (bicyclic) bond motifs is 1. The fraction of sp³-hybridized carbons (Fsp3) is 0.111. The summed E-state index contributed by atoms with van der Waals surface area (Å²) in [7, 11) is 0. The lowest BCUT2D eigenvalue weighted by Gasteiger charge is -2.37. The van der Waals surface area contributed by atoms with E-state index in [0.29, 0.717) is 22.1 Å². The second kappa shape index (κ2) is 5.71. The normalized spacial score (nSPS) is 19.3. The van der Waals surface area contributed by atoms with Crippen LogP contribution in [0.15, 0.2) is 65.8 Å². The first-order valence-corrected chi connectivity index (χ1v) is 7.77. The molecule has 126 valence electrons. The summed E-state index contributed by atoms with van der Waals surface area (Å²) in [5.74, 6) is -1.15. The third-order valence-corrected chi connectivity index (χ3v) is 3.96. The van der Waals surface area contributed by atoms with E-state index in [-0.39, 0.29) is 11.7 Å². The zero-order chi connectivity index (χ0) is 17.4. The van der Waals surface area contributed by atoms with Crippen molar-refractivity contribution in [1.82, 2.24) is 15.1 Å². The second-order valence-corrected chi connectivity index (χ2v) is 5.74. The van der Waals surface area contributed by atoms with E-state index in [1.165, 1.54) is 0 Å². The molecule has 7 heteroatoms. The van der Waals surface area contributed by atoms with Crippen molar-refractivity contribution >= 4 is 11.7 Å². The summed E-state index contributed by atoms with van der Waals surface area (Å²) in [5.41, 5.74) is 8.07. The number of aliphatic imine (C=N–C) groups is 1. The highest BCUT2D eigenvalue weighted by molar-refractivity contribution is 6.01. The highest BCUT2D eigenvalue weighted by Gasteiger charge is 2.46. The van der Waals surface area contributed by atoms with Gasteiger partial charge < -0.3 is 9.72 Å². The lowest BCUT2D eigenvalue weighted by atomic mass is 10.1. The maximum atomic E-state index is 15.3. The fourth-order valence-electron chi connectivity index (χ4n) is 2.75. The van der Waals surface area contributed by atoms with Crippen LogP contribution in [0.4, 0.5) is 10.3 Å². The Kier molecular flexibility index (Phi) is 3.51. The summed E-state index contributed by atoms with van der Waals surface area (Å²) in [6.45, 7) is 1.82. The molecule has 25 heavy (non-hydrogen) atoms. The molecular formula is C18H16FN5O. The van der Waals surface area contributed by atoms with Crippen LogP contribution in [0.25, 0.3) is 0 Å². The summed E-state index contributed by atoms with van der Waals surface area (Å²) >= 11 is 0. The minimum absolute atomic E-state index is 0.0608. The van der Waals surface area contributed by atoms with E-state index in [9.17, 15) is 0 Å². The SMILES string of the molecule is Cc1cccc(OC2(N)c3cc[nH]c3N=C(c3ccccc3)N2F)n1. The van der Waals surface area contributed by atoms with Gasteiger partial charge >= 0.3 is 0 Å². The molecule has 0 saturated carbocycles. The average Bonchev–Trinajstić information content (AvgIpc) is 3.09. The van der Waals surface area contributed by atoms with E-state index in [1.807, 2.05) is 19.1 Å². The van der Waals surface area contributed by atoms with Crippen molar-refractivity contribution in [1.29, 1.82) is 0 Å². The summed E-state index contributed by atoms with van der Waals surface area (Å²) in [4.78, 5) is 11.6. The Bertz CT molecular complexity index is 939. The quantitative estimate of drug-likeness (QED) is 0.568. The van der Waals surface area contributed by atoms with Crippen molar-refractivity contribution in [2.24, 2.45) is 10.7 Å². The van der Waals surface area contributed by atoms with Gasteiger partial charge in [-0.15, -0.1) is 5.12 Å². The summed E-state index contributed by atoms with van der Waals surface area (Å²) in [6, 6.07) is 15.8. The van der Waals surface area contributed by atoms with Crippen molar-refractivity contribution in [3.63, 3.8) is 0 Å². The van der Waals surface area contributed by atoms with E-state index in [4.69, 9.17) is 10.5 Å². The molecule has 1 aliphatic heterocycles. The molecule has 3 heterocycles. The minimum Gasteiger partial charge on any atom is -0.431 e. The number of ether oxygens (including phenoxy) is 1. The van der Waals surface area contributed by atoms with E-state index < -0.39 is 5.85 Å². The minimum atomic E-state index is -1.89.